The summed E-state index contributed by atoms with van der Waals surface area (Å²) < 4.78 is 0. The van der Waals surface area contributed by atoms with E-state index in [9.17, 15) is 9.59 Å². The lowest BCUT2D eigenvalue weighted by atomic mass is 9.96. The summed E-state index contributed by atoms with van der Waals surface area (Å²) in [4.78, 5) is 36.5. The minimum atomic E-state index is -0.173. The highest BCUT2D eigenvalue weighted by Crippen LogP contribution is 2.25. The van der Waals surface area contributed by atoms with Gasteiger partial charge in [-0.3, -0.25) is 14.6 Å². The lowest BCUT2D eigenvalue weighted by Crippen LogP contribution is -2.46. The van der Waals surface area contributed by atoms with Crippen LogP contribution in [0.2, 0.25) is 0 Å². The summed E-state index contributed by atoms with van der Waals surface area (Å²) >= 11 is 1.58. The molecule has 1 saturated heterocycles. The summed E-state index contributed by atoms with van der Waals surface area (Å²) in [7, 11) is 0. The molecule has 1 atom stereocenters. The molecule has 0 saturated carbocycles. The van der Waals surface area contributed by atoms with Gasteiger partial charge in [0.2, 0.25) is 11.8 Å². The van der Waals surface area contributed by atoms with E-state index in [2.05, 4.69) is 15.3 Å². The maximum atomic E-state index is 12.7. The van der Waals surface area contributed by atoms with Gasteiger partial charge in [0.05, 0.1) is 12.5 Å². The number of hydrogen-bond donors (Lipinski definition) is 1. The Balaban J connectivity index is 1.29. The third-order valence-electron chi connectivity index (χ3n) is 5.25. The summed E-state index contributed by atoms with van der Waals surface area (Å²) in [6.45, 7) is 1.52. The summed E-state index contributed by atoms with van der Waals surface area (Å²) in [5.41, 5.74) is 2.03. The van der Waals surface area contributed by atoms with Crippen molar-refractivity contribution >= 4 is 23.2 Å². The van der Waals surface area contributed by atoms with Gasteiger partial charge >= 0.3 is 0 Å². The lowest BCUT2D eigenvalue weighted by molar-refractivity contribution is -0.138. The van der Waals surface area contributed by atoms with E-state index in [0.29, 0.717) is 38.9 Å². The standard InChI is InChI=1S/C23H24N4O2S/c28-21-10-9-18(16-27(21)13-11-19-8-4-5-12-24-19)22(29)25-14-20-15-26-23(30-20)17-6-2-1-3-7-17/h1-8,12,15,18H,9-11,13-14,16H2,(H,25,29)/t18-/m1/s1. The molecule has 1 aromatic carbocycles. The number of rotatable bonds is 7. The molecule has 4 rings (SSSR count). The molecule has 7 heteroatoms. The van der Waals surface area contributed by atoms with Crippen LogP contribution < -0.4 is 5.32 Å². The molecule has 1 fully saturated rings. The SMILES string of the molecule is O=C(NCc1cnc(-c2ccccc2)s1)[C@@H]1CCC(=O)N(CCc2ccccn2)C1. The third-order valence-corrected chi connectivity index (χ3v) is 6.29. The van der Waals surface area contributed by atoms with Crippen LogP contribution in [0.5, 0.6) is 0 Å². The molecule has 30 heavy (non-hydrogen) atoms. The minimum absolute atomic E-state index is 0.00000257. The van der Waals surface area contributed by atoms with E-state index in [1.165, 1.54) is 0 Å². The molecule has 0 spiro atoms. The van der Waals surface area contributed by atoms with Crippen molar-refractivity contribution in [3.63, 3.8) is 0 Å². The van der Waals surface area contributed by atoms with E-state index < -0.39 is 0 Å². The van der Waals surface area contributed by atoms with E-state index in [1.54, 1.807) is 22.4 Å². The largest absolute Gasteiger partial charge is 0.351 e. The van der Waals surface area contributed by atoms with Crippen molar-refractivity contribution < 1.29 is 9.59 Å². The number of carbonyl (C=O) groups excluding carboxylic acids is 2. The van der Waals surface area contributed by atoms with Crippen LogP contribution in [0, 0.1) is 5.92 Å². The topological polar surface area (TPSA) is 75.2 Å². The molecular weight excluding hydrogens is 396 g/mol. The van der Waals surface area contributed by atoms with Crippen molar-refractivity contribution in [2.75, 3.05) is 13.1 Å². The van der Waals surface area contributed by atoms with Gasteiger partial charge in [-0.1, -0.05) is 36.4 Å². The van der Waals surface area contributed by atoms with Gasteiger partial charge in [-0.15, -0.1) is 11.3 Å². The van der Waals surface area contributed by atoms with Crippen LogP contribution in [-0.4, -0.2) is 39.8 Å². The van der Waals surface area contributed by atoms with Gasteiger partial charge in [-0.05, 0) is 18.6 Å². The van der Waals surface area contributed by atoms with E-state index in [4.69, 9.17) is 0 Å². The Labute approximate surface area is 180 Å². The number of pyridine rings is 1. The number of nitrogens with zero attached hydrogens (tertiary/aromatic N) is 3. The lowest BCUT2D eigenvalue weighted by Gasteiger charge is -2.31. The van der Waals surface area contributed by atoms with Crippen LogP contribution in [-0.2, 0) is 22.6 Å². The molecule has 1 aliphatic heterocycles. The molecular formula is C23H24N4O2S. The Bertz CT molecular complexity index is 991. The van der Waals surface area contributed by atoms with Crippen LogP contribution in [0.3, 0.4) is 0 Å². The third kappa shape index (κ3) is 5.10. The molecule has 1 N–H and O–H groups in total. The first-order chi connectivity index (χ1) is 14.7. The number of nitrogens with one attached hydrogen (secondary N) is 1. The fourth-order valence-corrected chi connectivity index (χ4v) is 4.42. The molecule has 6 nitrogen and oxygen atoms in total. The van der Waals surface area contributed by atoms with Crippen molar-refractivity contribution in [2.45, 2.75) is 25.8 Å². The highest BCUT2D eigenvalue weighted by atomic mass is 32.1. The number of amides is 2. The van der Waals surface area contributed by atoms with Crippen LogP contribution in [0.15, 0.2) is 60.9 Å². The van der Waals surface area contributed by atoms with Crippen molar-refractivity contribution in [1.82, 2.24) is 20.2 Å². The van der Waals surface area contributed by atoms with Gasteiger partial charge in [-0.25, -0.2) is 4.98 Å². The summed E-state index contributed by atoms with van der Waals surface area (Å²) in [6.07, 6.45) is 5.29. The van der Waals surface area contributed by atoms with Gasteiger partial charge < -0.3 is 10.2 Å². The smallest absolute Gasteiger partial charge is 0.225 e. The van der Waals surface area contributed by atoms with E-state index in [1.807, 2.05) is 54.7 Å². The molecule has 2 aromatic heterocycles. The first kappa shape index (κ1) is 20.2. The molecule has 3 aromatic rings. The molecule has 154 valence electrons. The fourth-order valence-electron chi connectivity index (χ4n) is 3.56. The first-order valence-electron chi connectivity index (χ1n) is 10.1. The van der Waals surface area contributed by atoms with E-state index in [0.717, 1.165) is 21.1 Å². The zero-order valence-corrected chi connectivity index (χ0v) is 17.5. The zero-order valence-electron chi connectivity index (χ0n) is 16.7. The Kier molecular flexibility index (Phi) is 6.49. The Morgan fingerprint density at radius 3 is 2.77 bits per heavy atom. The van der Waals surface area contributed by atoms with Crippen molar-refractivity contribution in [1.29, 1.82) is 0 Å². The fraction of sp³-hybridized carbons (Fsp3) is 0.304. The van der Waals surface area contributed by atoms with Crippen LogP contribution >= 0.6 is 11.3 Å². The predicted octanol–water partition coefficient (Wildman–Crippen LogP) is 3.30. The van der Waals surface area contributed by atoms with Crippen LogP contribution in [0.1, 0.15) is 23.4 Å². The molecule has 1 aliphatic rings. The maximum absolute atomic E-state index is 12.7. The van der Waals surface area contributed by atoms with Gasteiger partial charge in [0, 0.05) is 54.5 Å². The second-order valence-electron chi connectivity index (χ2n) is 7.36. The number of hydrogen-bond acceptors (Lipinski definition) is 5. The van der Waals surface area contributed by atoms with Gasteiger partial charge in [0.25, 0.3) is 0 Å². The predicted molar refractivity (Wildman–Crippen MR) is 117 cm³/mol. The maximum Gasteiger partial charge on any atom is 0.225 e. The minimum Gasteiger partial charge on any atom is -0.351 e. The average Bonchev–Trinajstić information content (AvgIpc) is 3.27. The van der Waals surface area contributed by atoms with Crippen LogP contribution in [0.4, 0.5) is 0 Å². The van der Waals surface area contributed by atoms with Crippen molar-refractivity contribution in [3.05, 3.63) is 71.5 Å². The quantitative estimate of drug-likeness (QED) is 0.636. The Morgan fingerprint density at radius 1 is 1.13 bits per heavy atom. The molecule has 0 bridgehead atoms. The normalized spacial score (nSPS) is 16.5. The molecule has 3 heterocycles. The zero-order chi connectivity index (χ0) is 20.8. The van der Waals surface area contributed by atoms with E-state index >= 15 is 0 Å². The Hall–Kier alpha value is -3.06. The number of benzene rings is 1. The van der Waals surface area contributed by atoms with Gasteiger partial charge in [0.1, 0.15) is 5.01 Å². The summed E-state index contributed by atoms with van der Waals surface area (Å²) in [6, 6.07) is 15.8. The average molecular weight is 421 g/mol. The first-order valence-corrected chi connectivity index (χ1v) is 11.0. The molecule has 2 amide bonds. The van der Waals surface area contributed by atoms with Crippen LogP contribution in [0.25, 0.3) is 10.6 Å². The van der Waals surface area contributed by atoms with Crippen molar-refractivity contribution in [3.8, 4) is 10.6 Å². The number of thiazole rings is 1. The molecule has 0 unspecified atom stereocenters. The number of likely N-dealkylation sites (tertiary alicyclic amines) is 1. The number of piperidine rings is 1. The highest BCUT2D eigenvalue weighted by molar-refractivity contribution is 7.15. The van der Waals surface area contributed by atoms with Crippen molar-refractivity contribution in [2.24, 2.45) is 5.92 Å². The second kappa shape index (κ2) is 9.63. The Morgan fingerprint density at radius 2 is 1.97 bits per heavy atom. The second-order valence-corrected chi connectivity index (χ2v) is 8.48. The number of carbonyl (C=O) groups is 2. The molecule has 0 radical (unpaired) electrons. The summed E-state index contributed by atoms with van der Waals surface area (Å²) in [5, 5.41) is 3.97. The number of aromatic nitrogens is 2. The highest BCUT2D eigenvalue weighted by Gasteiger charge is 2.30. The van der Waals surface area contributed by atoms with Gasteiger partial charge in [-0.2, -0.15) is 0 Å². The summed E-state index contributed by atoms with van der Waals surface area (Å²) in [5.74, 6) is -0.0575. The van der Waals surface area contributed by atoms with Gasteiger partial charge in [0.15, 0.2) is 0 Å². The van der Waals surface area contributed by atoms with E-state index in [-0.39, 0.29) is 17.7 Å². The monoisotopic (exact) mass is 420 g/mol. The molecule has 0 aliphatic carbocycles.